The Labute approximate surface area is 229 Å². The van der Waals surface area contributed by atoms with Crippen LogP contribution in [0.15, 0.2) is 66.7 Å². The highest BCUT2D eigenvalue weighted by Gasteiger charge is 2.35. The van der Waals surface area contributed by atoms with Crippen molar-refractivity contribution >= 4 is 17.8 Å². The lowest BCUT2D eigenvalue weighted by Gasteiger charge is -2.30. The van der Waals surface area contributed by atoms with E-state index in [0.717, 1.165) is 24.0 Å². The number of fused-ring (bicyclic) bond motifs is 1. The van der Waals surface area contributed by atoms with Gasteiger partial charge in [0.15, 0.2) is 0 Å². The molecule has 2 heterocycles. The molecule has 2 aliphatic rings. The molecule has 208 valence electrons. The van der Waals surface area contributed by atoms with E-state index in [9.17, 15) is 23.9 Å². The Kier molecular flexibility index (Phi) is 10.3. The van der Waals surface area contributed by atoms with Gasteiger partial charge in [-0.1, -0.05) is 54.6 Å². The Balaban J connectivity index is 1.50. The monoisotopic (exact) mass is 536 g/mol. The number of cyclic esters (lactones) is 1. The van der Waals surface area contributed by atoms with Crippen LogP contribution in [0.25, 0.3) is 0 Å². The second kappa shape index (κ2) is 14.0. The minimum Gasteiger partial charge on any atom is -0.463 e. The standard InChI is InChI=1S/C31H37FN2O5/c32-27-14-12-23(13-15-27)19-26-10-5-4-9-25(30(37)34-16-6-11-28(34)22-39-31(26)38)20-29(36)33(17-18-35)21-24-7-2-1-3-8-24/h1-5,7-8,12-15,25-26,28,35H,6,9-11,16-22H2/b5-4+/t25-,26+,28-/m1/s1. The summed E-state index contributed by atoms with van der Waals surface area (Å²) in [6.45, 7) is 1.09. The van der Waals surface area contributed by atoms with Gasteiger partial charge in [0.2, 0.25) is 11.8 Å². The summed E-state index contributed by atoms with van der Waals surface area (Å²) in [5.74, 6) is -1.90. The van der Waals surface area contributed by atoms with Crippen molar-refractivity contribution in [2.45, 2.75) is 51.1 Å². The molecule has 2 aromatic carbocycles. The number of allylic oxidation sites excluding steroid dienone is 2. The first-order valence-electron chi connectivity index (χ1n) is 13.7. The number of hydrogen-bond donors (Lipinski definition) is 1. The Hall–Kier alpha value is -3.52. The average molecular weight is 537 g/mol. The fourth-order valence-electron chi connectivity index (χ4n) is 5.35. The molecule has 8 heteroatoms. The highest BCUT2D eigenvalue weighted by Crippen LogP contribution is 2.26. The predicted molar refractivity (Wildman–Crippen MR) is 145 cm³/mol. The second-order valence-corrected chi connectivity index (χ2v) is 10.4. The van der Waals surface area contributed by atoms with Crippen molar-refractivity contribution in [3.05, 3.63) is 83.7 Å². The number of aliphatic hydroxyl groups excluding tert-OH is 1. The zero-order valence-corrected chi connectivity index (χ0v) is 22.2. The summed E-state index contributed by atoms with van der Waals surface area (Å²) >= 11 is 0. The third-order valence-electron chi connectivity index (χ3n) is 7.52. The van der Waals surface area contributed by atoms with E-state index in [2.05, 4.69) is 0 Å². The molecule has 0 saturated carbocycles. The van der Waals surface area contributed by atoms with Crippen molar-refractivity contribution in [1.82, 2.24) is 9.80 Å². The molecule has 3 atom stereocenters. The lowest BCUT2D eigenvalue weighted by Crippen LogP contribution is -2.44. The number of hydrogen-bond acceptors (Lipinski definition) is 5. The van der Waals surface area contributed by atoms with Crippen molar-refractivity contribution in [1.29, 1.82) is 0 Å². The molecule has 0 unspecified atom stereocenters. The zero-order valence-electron chi connectivity index (χ0n) is 22.2. The van der Waals surface area contributed by atoms with Gasteiger partial charge in [-0.25, -0.2) is 4.39 Å². The van der Waals surface area contributed by atoms with Crippen LogP contribution in [-0.2, 0) is 32.1 Å². The zero-order chi connectivity index (χ0) is 27.6. The van der Waals surface area contributed by atoms with Gasteiger partial charge in [0.1, 0.15) is 12.4 Å². The van der Waals surface area contributed by atoms with Gasteiger partial charge in [-0.15, -0.1) is 0 Å². The molecule has 1 N–H and O–H groups in total. The minimum atomic E-state index is -0.544. The minimum absolute atomic E-state index is 0.0397. The molecule has 0 bridgehead atoms. The summed E-state index contributed by atoms with van der Waals surface area (Å²) in [7, 11) is 0. The van der Waals surface area contributed by atoms with Gasteiger partial charge in [0.25, 0.3) is 0 Å². The van der Waals surface area contributed by atoms with Crippen molar-refractivity contribution < 1.29 is 28.6 Å². The average Bonchev–Trinajstić information content (AvgIpc) is 3.41. The quantitative estimate of drug-likeness (QED) is 0.409. The smallest absolute Gasteiger partial charge is 0.309 e. The van der Waals surface area contributed by atoms with Crippen LogP contribution in [-0.4, -0.2) is 65.0 Å². The van der Waals surface area contributed by atoms with E-state index in [0.29, 0.717) is 32.4 Å². The van der Waals surface area contributed by atoms with E-state index >= 15 is 0 Å². The van der Waals surface area contributed by atoms with Crippen molar-refractivity contribution in [2.75, 3.05) is 26.3 Å². The van der Waals surface area contributed by atoms with Crippen LogP contribution >= 0.6 is 0 Å². The van der Waals surface area contributed by atoms with Gasteiger partial charge < -0.3 is 19.6 Å². The number of benzene rings is 2. The van der Waals surface area contributed by atoms with Gasteiger partial charge in [-0.05, 0) is 55.4 Å². The fourth-order valence-corrected chi connectivity index (χ4v) is 5.35. The molecule has 1 fully saturated rings. The van der Waals surface area contributed by atoms with E-state index in [4.69, 9.17) is 4.74 Å². The van der Waals surface area contributed by atoms with E-state index in [1.165, 1.54) is 12.1 Å². The number of ether oxygens (including phenoxy) is 1. The SMILES string of the molecule is O=C1OC[C@H]2CCCN2C(=O)[C@@H](CC(=O)N(CCO)Cc2ccccc2)C/C=C/C[C@H]1Cc1ccc(F)cc1. The molecular weight excluding hydrogens is 499 g/mol. The summed E-state index contributed by atoms with van der Waals surface area (Å²) in [5, 5.41) is 9.58. The molecule has 0 aromatic heterocycles. The fraction of sp³-hybridized carbons (Fsp3) is 0.452. The van der Waals surface area contributed by atoms with Gasteiger partial charge in [0.05, 0.1) is 24.5 Å². The highest BCUT2D eigenvalue weighted by atomic mass is 19.1. The Bertz CT molecular complexity index is 1140. The van der Waals surface area contributed by atoms with Crippen molar-refractivity contribution in [2.24, 2.45) is 11.8 Å². The Morgan fingerprint density at radius 3 is 2.44 bits per heavy atom. The predicted octanol–water partition coefficient (Wildman–Crippen LogP) is 3.90. The van der Waals surface area contributed by atoms with Gasteiger partial charge in [0, 0.05) is 26.1 Å². The lowest BCUT2D eigenvalue weighted by atomic mass is 9.94. The Morgan fingerprint density at radius 1 is 1.00 bits per heavy atom. The summed E-state index contributed by atoms with van der Waals surface area (Å²) in [6.07, 6.45) is 6.57. The lowest BCUT2D eigenvalue weighted by molar-refractivity contribution is -0.152. The summed E-state index contributed by atoms with van der Waals surface area (Å²) in [5.41, 5.74) is 1.81. The molecule has 7 nitrogen and oxygen atoms in total. The molecule has 2 amide bonds. The van der Waals surface area contributed by atoms with Crippen LogP contribution in [0.5, 0.6) is 0 Å². The summed E-state index contributed by atoms with van der Waals surface area (Å²) < 4.78 is 19.0. The summed E-state index contributed by atoms with van der Waals surface area (Å²) in [6, 6.07) is 15.5. The number of amides is 2. The first-order valence-corrected chi connectivity index (χ1v) is 13.7. The van der Waals surface area contributed by atoms with Crippen molar-refractivity contribution in [3.8, 4) is 0 Å². The van der Waals surface area contributed by atoms with Crippen LogP contribution in [0.2, 0.25) is 0 Å². The molecular formula is C31H37FN2O5. The molecule has 4 rings (SSSR count). The number of aliphatic hydroxyl groups is 1. The van der Waals surface area contributed by atoms with E-state index in [1.807, 2.05) is 42.5 Å². The number of halogens is 1. The molecule has 2 aliphatic heterocycles. The van der Waals surface area contributed by atoms with E-state index in [-0.39, 0.29) is 55.8 Å². The largest absolute Gasteiger partial charge is 0.463 e. The van der Waals surface area contributed by atoms with Crippen LogP contribution in [0.4, 0.5) is 4.39 Å². The van der Waals surface area contributed by atoms with Gasteiger partial charge >= 0.3 is 5.97 Å². The van der Waals surface area contributed by atoms with E-state index in [1.54, 1.807) is 21.9 Å². The maximum Gasteiger partial charge on any atom is 0.309 e. The van der Waals surface area contributed by atoms with Gasteiger partial charge in [-0.3, -0.25) is 14.4 Å². The van der Waals surface area contributed by atoms with Crippen LogP contribution in [0, 0.1) is 17.7 Å². The topological polar surface area (TPSA) is 87.2 Å². The van der Waals surface area contributed by atoms with Crippen LogP contribution in [0.1, 0.15) is 43.2 Å². The first-order chi connectivity index (χ1) is 18.9. The van der Waals surface area contributed by atoms with Crippen LogP contribution in [0.3, 0.4) is 0 Å². The Morgan fingerprint density at radius 2 is 1.72 bits per heavy atom. The number of nitrogens with zero attached hydrogens (tertiary/aromatic N) is 2. The number of carbonyl (C=O) groups is 3. The van der Waals surface area contributed by atoms with Crippen molar-refractivity contribution in [3.63, 3.8) is 0 Å². The molecule has 1 saturated heterocycles. The van der Waals surface area contributed by atoms with Gasteiger partial charge in [-0.2, -0.15) is 0 Å². The summed E-state index contributed by atoms with van der Waals surface area (Å²) in [4.78, 5) is 43.3. The maximum atomic E-state index is 13.6. The highest BCUT2D eigenvalue weighted by molar-refractivity contribution is 5.86. The molecule has 0 spiro atoms. The number of rotatable bonds is 8. The number of carbonyl (C=O) groups excluding carboxylic acids is 3. The third kappa shape index (κ3) is 7.99. The van der Waals surface area contributed by atoms with E-state index < -0.39 is 11.8 Å². The normalized spacial score (nSPS) is 22.8. The van der Waals surface area contributed by atoms with Crippen LogP contribution < -0.4 is 0 Å². The maximum absolute atomic E-state index is 13.6. The first kappa shape index (κ1) is 28.5. The molecule has 0 aliphatic carbocycles. The molecule has 2 aromatic rings. The molecule has 39 heavy (non-hydrogen) atoms. The second-order valence-electron chi connectivity index (χ2n) is 10.4. The third-order valence-corrected chi connectivity index (χ3v) is 7.52. The molecule has 0 radical (unpaired) electrons. The number of esters is 1.